The molecule has 0 aromatic heterocycles. The van der Waals surface area contributed by atoms with E-state index in [1.54, 1.807) is 13.8 Å². The highest BCUT2D eigenvalue weighted by Gasteiger charge is 2.35. The highest BCUT2D eigenvalue weighted by Crippen LogP contribution is 2.14. The standard InChI is InChI=1S/C38H51N7O14/c1-4-19(2)32(45-35(55)26(13-14-30(49)50)42-33(53)25(39)15-21-5-9-23(46)10-6-21)37(57)44-28(17-31(51)52)36(56)43-27(16-22-7-11-24(47)12-8-22)34(54)40-18-29(48)41-20(3)38(58)59/h5-12,19-20,25-28,32,46-47H,4,13-18,39H2,1-3H3,(H,40,54)(H,41,48)(H,42,53)(H,43,56)(H,44,57)(H,45,55)(H,49,50)(H,51,52)(H,58,59)/t19-,20-,25-,26-,27-,28-,32-/m0/s1. The third-order valence-electron chi connectivity index (χ3n) is 8.99. The molecule has 21 nitrogen and oxygen atoms in total. The minimum atomic E-state index is -1.85. The van der Waals surface area contributed by atoms with Crippen molar-refractivity contribution in [1.82, 2.24) is 31.9 Å². The average molecular weight is 830 g/mol. The highest BCUT2D eigenvalue weighted by molar-refractivity contribution is 5.98. The second-order valence-corrected chi connectivity index (χ2v) is 13.8. The summed E-state index contributed by atoms with van der Waals surface area (Å²) < 4.78 is 0. The largest absolute Gasteiger partial charge is 0.508 e. The van der Waals surface area contributed by atoms with Crippen molar-refractivity contribution >= 4 is 53.4 Å². The molecule has 0 fully saturated rings. The smallest absolute Gasteiger partial charge is 0.325 e. The summed E-state index contributed by atoms with van der Waals surface area (Å²) in [7, 11) is 0. The topological polar surface area (TPSA) is 353 Å². The minimum absolute atomic E-state index is 0.0107. The van der Waals surface area contributed by atoms with E-state index in [0.29, 0.717) is 11.1 Å². The van der Waals surface area contributed by atoms with Gasteiger partial charge in [-0.3, -0.25) is 43.2 Å². The Labute approximate surface area is 338 Å². The molecule has 2 rings (SSSR count). The van der Waals surface area contributed by atoms with Gasteiger partial charge in [-0.15, -0.1) is 0 Å². The molecule has 59 heavy (non-hydrogen) atoms. The van der Waals surface area contributed by atoms with Crippen molar-refractivity contribution in [1.29, 1.82) is 0 Å². The van der Waals surface area contributed by atoms with Crippen LogP contribution in [0.25, 0.3) is 0 Å². The molecule has 2 aromatic carbocycles. The molecule has 0 aliphatic rings. The van der Waals surface area contributed by atoms with E-state index in [0.717, 1.165) is 0 Å². The zero-order chi connectivity index (χ0) is 44.4. The van der Waals surface area contributed by atoms with Crippen LogP contribution in [0.1, 0.15) is 57.6 Å². The molecule has 6 amide bonds. The quantitative estimate of drug-likeness (QED) is 0.0558. The normalized spacial score (nSPS) is 14.4. The van der Waals surface area contributed by atoms with Crippen molar-refractivity contribution in [2.45, 2.75) is 95.5 Å². The van der Waals surface area contributed by atoms with Crippen LogP contribution in [0, 0.1) is 5.92 Å². The predicted octanol–water partition coefficient (Wildman–Crippen LogP) is -1.76. The number of carbonyl (C=O) groups excluding carboxylic acids is 6. The van der Waals surface area contributed by atoms with Crippen LogP contribution in [0.15, 0.2) is 48.5 Å². The number of carbonyl (C=O) groups is 9. The maximum Gasteiger partial charge on any atom is 0.325 e. The van der Waals surface area contributed by atoms with Crippen LogP contribution in [-0.4, -0.2) is 122 Å². The van der Waals surface area contributed by atoms with Crippen molar-refractivity contribution in [3.63, 3.8) is 0 Å². The van der Waals surface area contributed by atoms with E-state index >= 15 is 0 Å². The van der Waals surface area contributed by atoms with E-state index in [-0.39, 0.29) is 30.8 Å². The molecular formula is C38H51N7O14. The third-order valence-corrected chi connectivity index (χ3v) is 8.99. The van der Waals surface area contributed by atoms with Crippen LogP contribution in [0.2, 0.25) is 0 Å². The molecule has 2 aromatic rings. The molecule has 0 saturated heterocycles. The maximum atomic E-state index is 13.8. The first kappa shape index (κ1) is 48.4. The number of amides is 6. The average Bonchev–Trinajstić information content (AvgIpc) is 3.17. The molecule has 0 aliphatic carbocycles. The zero-order valence-corrected chi connectivity index (χ0v) is 32.6. The molecule has 0 unspecified atom stereocenters. The fourth-order valence-electron chi connectivity index (χ4n) is 5.39. The van der Waals surface area contributed by atoms with Crippen LogP contribution in [-0.2, 0) is 56.0 Å². The van der Waals surface area contributed by atoms with E-state index < -0.39 is 121 Å². The van der Waals surface area contributed by atoms with Crippen molar-refractivity contribution in [2.24, 2.45) is 11.7 Å². The fourth-order valence-corrected chi connectivity index (χ4v) is 5.39. The SMILES string of the molecule is CC[C@H](C)[C@H](NC(=O)[C@H](CCC(=O)O)NC(=O)[C@@H](N)Cc1ccc(O)cc1)C(=O)N[C@@H](CC(=O)O)C(=O)N[C@@H](Cc1ccc(O)cc1)C(=O)NCC(=O)N[C@@H](C)C(=O)O. The van der Waals surface area contributed by atoms with Gasteiger partial charge in [-0.05, 0) is 61.1 Å². The summed E-state index contributed by atoms with van der Waals surface area (Å²) in [6.45, 7) is 3.71. The van der Waals surface area contributed by atoms with Crippen LogP contribution in [0.3, 0.4) is 0 Å². The van der Waals surface area contributed by atoms with E-state index in [1.807, 2.05) is 0 Å². The Balaban J connectivity index is 2.31. The van der Waals surface area contributed by atoms with Gasteiger partial charge < -0.3 is 63.2 Å². The molecule has 7 atom stereocenters. The first-order valence-electron chi connectivity index (χ1n) is 18.5. The number of carboxylic acids is 3. The van der Waals surface area contributed by atoms with Crippen molar-refractivity contribution in [3.05, 3.63) is 59.7 Å². The van der Waals surface area contributed by atoms with E-state index in [4.69, 9.17) is 10.8 Å². The molecule has 0 heterocycles. The van der Waals surface area contributed by atoms with Crippen LogP contribution in [0.5, 0.6) is 11.5 Å². The van der Waals surface area contributed by atoms with Gasteiger partial charge in [0.25, 0.3) is 0 Å². The number of hydrogen-bond acceptors (Lipinski definition) is 12. The summed E-state index contributed by atoms with van der Waals surface area (Å²) in [5.74, 6) is -10.8. The molecule has 0 radical (unpaired) electrons. The molecule has 0 bridgehead atoms. The summed E-state index contributed by atoms with van der Waals surface area (Å²) in [5.41, 5.74) is 7.02. The summed E-state index contributed by atoms with van der Waals surface area (Å²) in [6, 6.07) is 2.47. The number of benzene rings is 2. The number of phenols is 2. The number of carboxylic acid groups (broad SMARTS) is 3. The number of hydrogen-bond donors (Lipinski definition) is 12. The lowest BCUT2D eigenvalue weighted by Gasteiger charge is -2.29. The Morgan fingerprint density at radius 1 is 0.610 bits per heavy atom. The van der Waals surface area contributed by atoms with Crippen molar-refractivity contribution in [2.75, 3.05) is 6.54 Å². The predicted molar refractivity (Wildman–Crippen MR) is 206 cm³/mol. The van der Waals surface area contributed by atoms with Gasteiger partial charge in [0.15, 0.2) is 0 Å². The van der Waals surface area contributed by atoms with Gasteiger partial charge in [0, 0.05) is 12.8 Å². The summed E-state index contributed by atoms with van der Waals surface area (Å²) in [6.07, 6.45) is -2.00. The molecule has 13 N–H and O–H groups in total. The summed E-state index contributed by atoms with van der Waals surface area (Å²) >= 11 is 0. The van der Waals surface area contributed by atoms with Gasteiger partial charge >= 0.3 is 17.9 Å². The Bertz CT molecular complexity index is 1820. The van der Waals surface area contributed by atoms with Gasteiger partial charge in [-0.1, -0.05) is 44.5 Å². The highest BCUT2D eigenvalue weighted by atomic mass is 16.4. The minimum Gasteiger partial charge on any atom is -0.508 e. The fraction of sp³-hybridized carbons (Fsp3) is 0.447. The summed E-state index contributed by atoms with van der Waals surface area (Å²) in [5, 5.41) is 61.1. The van der Waals surface area contributed by atoms with Gasteiger partial charge in [0.1, 0.15) is 41.7 Å². The number of rotatable bonds is 24. The number of nitrogens with one attached hydrogen (secondary N) is 6. The Hall–Kier alpha value is -6.77. The van der Waals surface area contributed by atoms with Crippen LogP contribution < -0.4 is 37.6 Å². The monoisotopic (exact) mass is 829 g/mol. The molecule has 21 heteroatoms. The van der Waals surface area contributed by atoms with Crippen molar-refractivity contribution < 1.29 is 68.7 Å². The molecule has 0 spiro atoms. The number of aromatic hydroxyl groups is 2. The lowest BCUT2D eigenvalue weighted by Crippen LogP contribution is -2.60. The first-order chi connectivity index (χ1) is 27.7. The van der Waals surface area contributed by atoms with Crippen LogP contribution >= 0.6 is 0 Å². The maximum absolute atomic E-state index is 13.8. The van der Waals surface area contributed by atoms with E-state index in [1.165, 1.54) is 55.5 Å². The summed E-state index contributed by atoms with van der Waals surface area (Å²) in [4.78, 5) is 114. The van der Waals surface area contributed by atoms with Gasteiger partial charge in [0.2, 0.25) is 35.4 Å². The van der Waals surface area contributed by atoms with Crippen LogP contribution in [0.4, 0.5) is 0 Å². The molecular weight excluding hydrogens is 778 g/mol. The van der Waals surface area contributed by atoms with E-state index in [9.17, 15) is 63.6 Å². The second kappa shape index (κ2) is 23.5. The Morgan fingerprint density at radius 3 is 1.63 bits per heavy atom. The lowest BCUT2D eigenvalue weighted by molar-refractivity contribution is -0.142. The zero-order valence-electron chi connectivity index (χ0n) is 32.6. The first-order valence-corrected chi connectivity index (χ1v) is 18.5. The van der Waals surface area contributed by atoms with E-state index in [2.05, 4.69) is 31.9 Å². The third kappa shape index (κ3) is 17.1. The number of nitrogens with two attached hydrogens (primary N) is 1. The van der Waals surface area contributed by atoms with Gasteiger partial charge in [0.05, 0.1) is 19.0 Å². The molecule has 0 saturated carbocycles. The van der Waals surface area contributed by atoms with Crippen molar-refractivity contribution in [3.8, 4) is 11.5 Å². The second-order valence-electron chi connectivity index (χ2n) is 13.8. The van der Waals surface area contributed by atoms with Gasteiger partial charge in [-0.2, -0.15) is 0 Å². The molecule has 0 aliphatic heterocycles. The Morgan fingerprint density at radius 2 is 1.12 bits per heavy atom. The number of phenolic OH excluding ortho intramolecular Hbond substituents is 2. The number of aliphatic carboxylic acids is 3. The lowest BCUT2D eigenvalue weighted by atomic mass is 9.96. The van der Waals surface area contributed by atoms with Gasteiger partial charge in [-0.25, -0.2) is 0 Å². The molecule has 322 valence electrons. The Kier molecular flexibility index (Phi) is 19.2.